The van der Waals surface area contributed by atoms with Crippen molar-refractivity contribution in [2.75, 3.05) is 18.6 Å². The average molecular weight is 333 g/mol. The molecular formula is C20H19N3O2. The first-order valence-corrected chi connectivity index (χ1v) is 8.32. The van der Waals surface area contributed by atoms with Gasteiger partial charge in [-0.2, -0.15) is 5.10 Å². The highest BCUT2D eigenvalue weighted by molar-refractivity contribution is 5.96. The Morgan fingerprint density at radius 1 is 1.16 bits per heavy atom. The van der Waals surface area contributed by atoms with E-state index in [0.717, 1.165) is 34.8 Å². The highest BCUT2D eigenvalue weighted by Gasteiger charge is 2.25. The Balaban J connectivity index is 1.50. The van der Waals surface area contributed by atoms with Gasteiger partial charge in [0.1, 0.15) is 5.75 Å². The first-order valence-electron chi connectivity index (χ1n) is 8.32. The van der Waals surface area contributed by atoms with E-state index >= 15 is 0 Å². The van der Waals surface area contributed by atoms with Crippen molar-refractivity contribution in [2.24, 2.45) is 0 Å². The van der Waals surface area contributed by atoms with Crippen LogP contribution in [-0.2, 0) is 17.6 Å². The fourth-order valence-electron chi connectivity index (χ4n) is 3.20. The van der Waals surface area contributed by atoms with Crippen LogP contribution in [0, 0.1) is 0 Å². The lowest BCUT2D eigenvalue weighted by molar-refractivity contribution is -0.117. The number of ether oxygens (including phenoxy) is 1. The minimum Gasteiger partial charge on any atom is -0.497 e. The van der Waals surface area contributed by atoms with Crippen LogP contribution in [0.15, 0.2) is 60.8 Å². The van der Waals surface area contributed by atoms with Crippen molar-refractivity contribution in [1.82, 2.24) is 9.78 Å². The summed E-state index contributed by atoms with van der Waals surface area (Å²) >= 11 is 0. The van der Waals surface area contributed by atoms with E-state index in [1.165, 1.54) is 0 Å². The van der Waals surface area contributed by atoms with E-state index in [4.69, 9.17) is 4.74 Å². The maximum Gasteiger partial charge on any atom is 0.233 e. The molecule has 5 nitrogen and oxygen atoms in total. The summed E-state index contributed by atoms with van der Waals surface area (Å²) in [6.45, 7) is 0.709. The van der Waals surface area contributed by atoms with Gasteiger partial charge in [0.2, 0.25) is 5.91 Å². The van der Waals surface area contributed by atoms with Crippen LogP contribution >= 0.6 is 0 Å². The van der Waals surface area contributed by atoms with E-state index in [9.17, 15) is 4.79 Å². The number of fused-ring (bicyclic) bond motifs is 1. The van der Waals surface area contributed by atoms with E-state index in [-0.39, 0.29) is 5.91 Å². The van der Waals surface area contributed by atoms with Gasteiger partial charge in [0, 0.05) is 18.4 Å². The van der Waals surface area contributed by atoms with Crippen molar-refractivity contribution in [3.8, 4) is 11.4 Å². The third-order valence-electron chi connectivity index (χ3n) is 4.48. The molecule has 4 rings (SSSR count). The predicted molar refractivity (Wildman–Crippen MR) is 96.3 cm³/mol. The lowest BCUT2D eigenvalue weighted by atomic mass is 10.1. The molecule has 2 aromatic carbocycles. The number of benzene rings is 2. The molecule has 3 aromatic rings. The topological polar surface area (TPSA) is 47.4 Å². The van der Waals surface area contributed by atoms with Crippen molar-refractivity contribution < 1.29 is 9.53 Å². The Morgan fingerprint density at radius 2 is 2.00 bits per heavy atom. The number of amides is 1. The number of methoxy groups -OCH3 is 1. The van der Waals surface area contributed by atoms with Gasteiger partial charge < -0.3 is 9.64 Å². The summed E-state index contributed by atoms with van der Waals surface area (Å²) in [6.07, 6.45) is 3.04. The summed E-state index contributed by atoms with van der Waals surface area (Å²) in [4.78, 5) is 14.6. The molecule has 0 aliphatic carbocycles. The zero-order valence-corrected chi connectivity index (χ0v) is 14.1. The number of hydrogen-bond donors (Lipinski definition) is 0. The number of aromatic nitrogens is 2. The van der Waals surface area contributed by atoms with Gasteiger partial charge in [-0.25, -0.2) is 4.68 Å². The van der Waals surface area contributed by atoms with Gasteiger partial charge in [0.05, 0.1) is 24.9 Å². The lowest BCUT2D eigenvalue weighted by Gasteiger charge is -2.17. The molecule has 0 saturated heterocycles. The number of carbonyl (C=O) groups excluding carboxylic acids is 1. The molecule has 0 atom stereocenters. The zero-order chi connectivity index (χ0) is 17.2. The highest BCUT2D eigenvalue weighted by Crippen LogP contribution is 2.31. The summed E-state index contributed by atoms with van der Waals surface area (Å²) in [5.41, 5.74) is 3.89. The minimum absolute atomic E-state index is 0.0715. The second kappa shape index (κ2) is 6.43. The van der Waals surface area contributed by atoms with Gasteiger partial charge in [-0.05, 0) is 48.4 Å². The number of carbonyl (C=O) groups is 1. The maximum absolute atomic E-state index is 12.7. The molecule has 0 N–H and O–H groups in total. The first kappa shape index (κ1) is 15.4. The highest BCUT2D eigenvalue weighted by atomic mass is 16.5. The van der Waals surface area contributed by atoms with E-state index in [2.05, 4.69) is 5.10 Å². The molecule has 0 saturated carbocycles. The Bertz CT molecular complexity index is 902. The minimum atomic E-state index is 0.0715. The van der Waals surface area contributed by atoms with Crippen LogP contribution in [0.5, 0.6) is 5.75 Å². The number of para-hydroxylation sites is 1. The Hall–Kier alpha value is -3.08. The van der Waals surface area contributed by atoms with Gasteiger partial charge in [0.25, 0.3) is 0 Å². The van der Waals surface area contributed by atoms with E-state index in [1.54, 1.807) is 11.8 Å². The van der Waals surface area contributed by atoms with Crippen LogP contribution in [-0.4, -0.2) is 29.3 Å². The van der Waals surface area contributed by atoms with Crippen LogP contribution in [0.2, 0.25) is 0 Å². The SMILES string of the molecule is COc1ccc2c(c1)CCN2C(=O)Cc1ccn(-c2ccccc2)n1. The van der Waals surface area contributed by atoms with Crippen LogP contribution < -0.4 is 9.64 Å². The fraction of sp³-hybridized carbons (Fsp3) is 0.200. The van der Waals surface area contributed by atoms with Crippen molar-refractivity contribution >= 4 is 11.6 Å². The number of rotatable bonds is 4. The fourth-order valence-corrected chi connectivity index (χ4v) is 3.20. The Kier molecular flexibility index (Phi) is 3.98. The maximum atomic E-state index is 12.7. The molecule has 0 spiro atoms. The summed E-state index contributed by atoms with van der Waals surface area (Å²) in [5, 5.41) is 4.52. The molecule has 0 radical (unpaired) electrons. The monoisotopic (exact) mass is 333 g/mol. The van der Waals surface area contributed by atoms with Crippen LogP contribution in [0.1, 0.15) is 11.3 Å². The third kappa shape index (κ3) is 3.01. The van der Waals surface area contributed by atoms with Crippen molar-refractivity contribution in [2.45, 2.75) is 12.8 Å². The second-order valence-electron chi connectivity index (χ2n) is 6.05. The molecule has 0 fully saturated rings. The molecule has 126 valence electrons. The normalized spacial score (nSPS) is 12.9. The molecule has 5 heteroatoms. The standard InChI is InChI=1S/C20H19N3O2/c1-25-18-7-8-19-15(13-18)9-11-22(19)20(24)14-16-10-12-23(21-16)17-5-3-2-4-6-17/h2-8,10,12-13H,9,11,14H2,1H3. The Morgan fingerprint density at radius 3 is 2.80 bits per heavy atom. The van der Waals surface area contributed by atoms with Crippen LogP contribution in [0.4, 0.5) is 5.69 Å². The van der Waals surface area contributed by atoms with Crippen LogP contribution in [0.3, 0.4) is 0 Å². The van der Waals surface area contributed by atoms with Crippen molar-refractivity contribution in [1.29, 1.82) is 0 Å². The first-order chi connectivity index (χ1) is 12.2. The second-order valence-corrected chi connectivity index (χ2v) is 6.05. The van der Waals surface area contributed by atoms with Crippen LogP contribution in [0.25, 0.3) is 5.69 Å². The van der Waals surface area contributed by atoms with Crippen molar-refractivity contribution in [3.05, 3.63) is 72.1 Å². The van der Waals surface area contributed by atoms with E-state index in [1.807, 2.05) is 65.7 Å². The van der Waals surface area contributed by atoms with Gasteiger partial charge >= 0.3 is 0 Å². The smallest absolute Gasteiger partial charge is 0.233 e. The van der Waals surface area contributed by atoms with E-state index in [0.29, 0.717) is 13.0 Å². The molecule has 0 bridgehead atoms. The summed E-state index contributed by atoms with van der Waals surface area (Å²) in [7, 11) is 1.66. The molecule has 1 aliphatic rings. The van der Waals surface area contributed by atoms with Gasteiger partial charge in [-0.15, -0.1) is 0 Å². The molecule has 1 aliphatic heterocycles. The molecular weight excluding hydrogens is 314 g/mol. The Labute approximate surface area is 146 Å². The molecule has 1 aromatic heterocycles. The summed E-state index contributed by atoms with van der Waals surface area (Å²) in [6, 6.07) is 17.6. The van der Waals surface area contributed by atoms with Gasteiger partial charge in [-0.1, -0.05) is 18.2 Å². The zero-order valence-electron chi connectivity index (χ0n) is 14.1. The predicted octanol–water partition coefficient (Wildman–Crippen LogP) is 3.01. The van der Waals surface area contributed by atoms with Gasteiger partial charge in [-0.3, -0.25) is 4.79 Å². The van der Waals surface area contributed by atoms with Gasteiger partial charge in [0.15, 0.2) is 0 Å². The number of hydrogen-bond acceptors (Lipinski definition) is 3. The van der Waals surface area contributed by atoms with Crippen molar-refractivity contribution in [3.63, 3.8) is 0 Å². The molecule has 25 heavy (non-hydrogen) atoms. The molecule has 0 unspecified atom stereocenters. The number of anilines is 1. The quantitative estimate of drug-likeness (QED) is 0.737. The largest absolute Gasteiger partial charge is 0.497 e. The average Bonchev–Trinajstić information content (AvgIpc) is 3.28. The molecule has 1 amide bonds. The van der Waals surface area contributed by atoms with E-state index < -0.39 is 0 Å². The third-order valence-corrected chi connectivity index (χ3v) is 4.48. The molecule has 2 heterocycles. The summed E-state index contributed by atoms with van der Waals surface area (Å²) < 4.78 is 7.06. The number of nitrogens with zero attached hydrogens (tertiary/aromatic N) is 3. The summed E-state index contributed by atoms with van der Waals surface area (Å²) in [5.74, 6) is 0.900. The lowest BCUT2D eigenvalue weighted by Crippen LogP contribution is -2.30.